The first-order valence-corrected chi connectivity index (χ1v) is 11.0. The quantitative estimate of drug-likeness (QED) is 0.572. The summed E-state index contributed by atoms with van der Waals surface area (Å²) in [5.74, 6) is 0.681. The zero-order valence-electron chi connectivity index (χ0n) is 18.8. The lowest BCUT2D eigenvalue weighted by Gasteiger charge is -2.35. The highest BCUT2D eigenvalue weighted by molar-refractivity contribution is 5.94. The summed E-state index contributed by atoms with van der Waals surface area (Å²) in [6, 6.07) is 3.07. The zero-order chi connectivity index (χ0) is 24.5. The van der Waals surface area contributed by atoms with Crippen molar-refractivity contribution in [2.75, 3.05) is 18.4 Å². The highest BCUT2D eigenvalue weighted by atomic mass is 19.4. The van der Waals surface area contributed by atoms with Crippen LogP contribution in [0.3, 0.4) is 0 Å². The largest absolute Gasteiger partial charge is 0.417 e. The summed E-state index contributed by atoms with van der Waals surface area (Å²) in [7, 11) is 0. The zero-order valence-corrected chi connectivity index (χ0v) is 18.8. The number of carbonyl (C=O) groups is 1. The van der Waals surface area contributed by atoms with Crippen molar-refractivity contribution in [3.8, 4) is 17.3 Å². The van der Waals surface area contributed by atoms with Crippen molar-refractivity contribution in [3.63, 3.8) is 0 Å². The Bertz CT molecular complexity index is 1240. The molecular formula is C23H24F3N7O. The fraction of sp³-hybridized carbons (Fsp3) is 0.435. The smallest absolute Gasteiger partial charge is 0.351 e. The molecule has 0 aromatic carbocycles. The molecule has 1 amide bonds. The maximum absolute atomic E-state index is 13.2. The molecule has 3 aromatic heterocycles. The first-order valence-electron chi connectivity index (χ1n) is 11.0. The van der Waals surface area contributed by atoms with Crippen LogP contribution in [0.15, 0.2) is 24.7 Å². The Kier molecular flexibility index (Phi) is 6.41. The summed E-state index contributed by atoms with van der Waals surface area (Å²) in [4.78, 5) is 28.9. The molecule has 178 valence electrons. The summed E-state index contributed by atoms with van der Waals surface area (Å²) < 4.78 is 39.7. The van der Waals surface area contributed by atoms with E-state index in [2.05, 4.69) is 25.3 Å². The lowest BCUT2D eigenvalue weighted by Crippen LogP contribution is -2.42. The van der Waals surface area contributed by atoms with Gasteiger partial charge in [0.25, 0.3) is 0 Å². The molecule has 8 nitrogen and oxygen atoms in total. The van der Waals surface area contributed by atoms with Crippen LogP contribution in [0.5, 0.6) is 0 Å². The Morgan fingerprint density at radius 1 is 1.32 bits per heavy atom. The van der Waals surface area contributed by atoms with Gasteiger partial charge >= 0.3 is 6.18 Å². The Morgan fingerprint density at radius 3 is 2.68 bits per heavy atom. The van der Waals surface area contributed by atoms with Crippen LogP contribution in [0.4, 0.5) is 19.1 Å². The van der Waals surface area contributed by atoms with Gasteiger partial charge in [-0.15, -0.1) is 0 Å². The van der Waals surface area contributed by atoms with Crippen LogP contribution in [0.25, 0.3) is 22.3 Å². The number of rotatable bonds is 5. The maximum Gasteiger partial charge on any atom is 0.417 e. The van der Waals surface area contributed by atoms with E-state index in [9.17, 15) is 23.2 Å². The average molecular weight is 471 g/mol. The van der Waals surface area contributed by atoms with Gasteiger partial charge in [0, 0.05) is 49.4 Å². The SMILES string of the molecule is CCC(Nc1ncc(C#N)c(-c2c[nH]c3ncc(C(F)(F)F)cc23)n1)C1CCN(C(C)=O)CC1. The number of aromatic amines is 1. The van der Waals surface area contributed by atoms with E-state index in [1.807, 2.05) is 17.9 Å². The summed E-state index contributed by atoms with van der Waals surface area (Å²) >= 11 is 0. The van der Waals surface area contributed by atoms with Gasteiger partial charge in [0.05, 0.1) is 23.0 Å². The third-order valence-corrected chi connectivity index (χ3v) is 6.33. The topological polar surface area (TPSA) is 111 Å². The number of piperidine rings is 1. The van der Waals surface area contributed by atoms with Crippen molar-refractivity contribution in [1.82, 2.24) is 24.8 Å². The first-order chi connectivity index (χ1) is 16.2. The van der Waals surface area contributed by atoms with E-state index in [0.717, 1.165) is 31.5 Å². The molecule has 1 saturated heterocycles. The summed E-state index contributed by atoms with van der Waals surface area (Å²) in [6.07, 6.45) is 1.60. The number of hydrogen-bond acceptors (Lipinski definition) is 6. The van der Waals surface area contributed by atoms with Crippen LogP contribution in [0.2, 0.25) is 0 Å². The second-order valence-corrected chi connectivity index (χ2v) is 8.39. The van der Waals surface area contributed by atoms with Gasteiger partial charge in [0.15, 0.2) is 0 Å². The third kappa shape index (κ3) is 4.66. The number of amides is 1. The van der Waals surface area contributed by atoms with Crippen molar-refractivity contribution >= 4 is 22.9 Å². The number of hydrogen-bond donors (Lipinski definition) is 2. The highest BCUT2D eigenvalue weighted by Gasteiger charge is 2.32. The number of anilines is 1. The standard InChI is InChI=1S/C23H24F3N7O/c1-3-19(14-4-6-33(7-5-14)13(2)34)31-22-30-10-15(9-27)20(32-22)18-12-29-21-17(18)8-16(11-28-21)23(24,25)26/h8,10-12,14,19H,3-7H2,1-2H3,(H,28,29)(H,30,31,32). The minimum atomic E-state index is -4.54. The number of alkyl halides is 3. The fourth-order valence-electron chi connectivity index (χ4n) is 4.43. The predicted molar refractivity (Wildman–Crippen MR) is 120 cm³/mol. The molecule has 4 rings (SSSR count). The van der Waals surface area contributed by atoms with Crippen LogP contribution in [0.1, 0.15) is 44.2 Å². The molecule has 1 fully saturated rings. The molecular weight excluding hydrogens is 447 g/mol. The summed E-state index contributed by atoms with van der Waals surface area (Å²) in [5.41, 5.74) is 0.108. The molecule has 2 N–H and O–H groups in total. The van der Waals surface area contributed by atoms with E-state index < -0.39 is 11.7 Å². The Balaban J connectivity index is 1.64. The number of likely N-dealkylation sites (tertiary alicyclic amines) is 1. The highest BCUT2D eigenvalue weighted by Crippen LogP contribution is 2.35. The fourth-order valence-corrected chi connectivity index (χ4v) is 4.43. The molecule has 11 heteroatoms. The van der Waals surface area contributed by atoms with Crippen molar-refractivity contribution in [2.24, 2.45) is 5.92 Å². The van der Waals surface area contributed by atoms with Gasteiger partial charge in [-0.2, -0.15) is 18.4 Å². The van der Waals surface area contributed by atoms with E-state index in [1.165, 1.54) is 12.4 Å². The van der Waals surface area contributed by atoms with Crippen LogP contribution >= 0.6 is 0 Å². The molecule has 1 aliphatic rings. The van der Waals surface area contributed by atoms with E-state index >= 15 is 0 Å². The monoisotopic (exact) mass is 471 g/mol. The van der Waals surface area contributed by atoms with Crippen molar-refractivity contribution in [3.05, 3.63) is 35.8 Å². The lowest BCUT2D eigenvalue weighted by molar-refractivity contribution is -0.137. The molecule has 4 heterocycles. The van der Waals surface area contributed by atoms with Crippen molar-refractivity contribution < 1.29 is 18.0 Å². The number of pyridine rings is 1. The van der Waals surface area contributed by atoms with Gasteiger partial charge in [-0.1, -0.05) is 6.92 Å². The van der Waals surface area contributed by atoms with E-state index in [-0.39, 0.29) is 34.2 Å². The molecule has 0 radical (unpaired) electrons. The Morgan fingerprint density at radius 2 is 2.06 bits per heavy atom. The van der Waals surface area contributed by atoms with Gasteiger partial charge in [0.2, 0.25) is 11.9 Å². The number of aromatic nitrogens is 4. The van der Waals surface area contributed by atoms with E-state index in [4.69, 9.17) is 0 Å². The minimum Gasteiger partial charge on any atom is -0.351 e. The second-order valence-electron chi connectivity index (χ2n) is 8.39. The molecule has 1 unspecified atom stereocenters. The van der Waals surface area contributed by atoms with Gasteiger partial charge < -0.3 is 15.2 Å². The molecule has 0 aliphatic carbocycles. The number of nitrogens with one attached hydrogen (secondary N) is 2. The maximum atomic E-state index is 13.2. The number of nitriles is 1. The van der Waals surface area contributed by atoms with E-state index in [0.29, 0.717) is 30.5 Å². The lowest BCUT2D eigenvalue weighted by atomic mass is 9.88. The molecule has 3 aromatic rings. The van der Waals surface area contributed by atoms with Gasteiger partial charge in [-0.05, 0) is 31.2 Å². The second kappa shape index (κ2) is 9.29. The normalized spacial score (nSPS) is 15.8. The van der Waals surface area contributed by atoms with Gasteiger partial charge in [-0.25, -0.2) is 15.0 Å². The predicted octanol–water partition coefficient (Wildman–Crippen LogP) is 4.36. The van der Waals surface area contributed by atoms with Crippen LogP contribution in [-0.4, -0.2) is 49.9 Å². The minimum absolute atomic E-state index is 0.0522. The number of H-pyrrole nitrogens is 1. The van der Waals surface area contributed by atoms with Crippen LogP contribution in [0, 0.1) is 17.2 Å². The number of halogens is 3. The van der Waals surface area contributed by atoms with Gasteiger partial charge in [-0.3, -0.25) is 4.79 Å². The molecule has 0 spiro atoms. The average Bonchev–Trinajstić information content (AvgIpc) is 3.25. The number of carbonyl (C=O) groups excluding carboxylic acids is 1. The summed E-state index contributed by atoms with van der Waals surface area (Å²) in [5, 5.41) is 13.1. The Hall–Kier alpha value is -3.68. The molecule has 1 aliphatic heterocycles. The first kappa shape index (κ1) is 23.5. The van der Waals surface area contributed by atoms with E-state index in [1.54, 1.807) is 6.92 Å². The van der Waals surface area contributed by atoms with Crippen molar-refractivity contribution in [2.45, 2.75) is 45.3 Å². The van der Waals surface area contributed by atoms with Crippen LogP contribution in [-0.2, 0) is 11.0 Å². The molecule has 34 heavy (non-hydrogen) atoms. The number of nitrogens with zero attached hydrogens (tertiary/aromatic N) is 5. The van der Waals surface area contributed by atoms with Crippen molar-refractivity contribution in [1.29, 1.82) is 5.26 Å². The number of fused-ring (bicyclic) bond motifs is 1. The van der Waals surface area contributed by atoms with Gasteiger partial charge in [0.1, 0.15) is 11.7 Å². The molecule has 1 atom stereocenters. The summed E-state index contributed by atoms with van der Waals surface area (Å²) in [6.45, 7) is 5.01. The third-order valence-electron chi connectivity index (χ3n) is 6.33. The Labute approximate surface area is 194 Å². The molecule has 0 bridgehead atoms. The molecule has 0 saturated carbocycles. The van der Waals surface area contributed by atoms with Crippen LogP contribution < -0.4 is 5.32 Å².